The van der Waals surface area contributed by atoms with Crippen molar-refractivity contribution >= 4 is 33.0 Å². The molecule has 0 fully saturated rings. The van der Waals surface area contributed by atoms with Crippen LogP contribution < -0.4 is 5.32 Å². The first-order chi connectivity index (χ1) is 10.8. The summed E-state index contributed by atoms with van der Waals surface area (Å²) in [5.74, 6) is -0.117. The summed E-state index contributed by atoms with van der Waals surface area (Å²) in [5, 5.41) is 6.28. The van der Waals surface area contributed by atoms with E-state index in [1.807, 2.05) is 36.5 Å². The van der Waals surface area contributed by atoms with Crippen LogP contribution in [0.4, 0.5) is 0 Å². The maximum Gasteiger partial charge on any atom is 0.270 e. The summed E-state index contributed by atoms with van der Waals surface area (Å²) in [4.78, 5) is 16.6. The molecule has 1 N–H and O–H groups in total. The third-order valence-corrected chi connectivity index (χ3v) is 4.66. The molecule has 5 heteroatoms. The number of fused-ring (bicyclic) bond motifs is 2. The Bertz CT molecular complexity index is 970. The van der Waals surface area contributed by atoms with E-state index in [9.17, 15) is 4.79 Å². The number of hydrogen-bond acceptors (Lipinski definition) is 3. The smallest absolute Gasteiger partial charge is 0.270 e. The van der Waals surface area contributed by atoms with Crippen LogP contribution in [0.1, 0.15) is 16.1 Å². The van der Waals surface area contributed by atoms with Gasteiger partial charge in [0, 0.05) is 17.4 Å². The van der Waals surface area contributed by atoms with Crippen LogP contribution in [0.2, 0.25) is 0 Å². The van der Waals surface area contributed by atoms with Crippen molar-refractivity contribution in [3.63, 3.8) is 0 Å². The van der Waals surface area contributed by atoms with Crippen LogP contribution in [0.25, 0.3) is 15.7 Å². The first-order valence-electron chi connectivity index (χ1n) is 6.98. The standard InChI is InChI=1S/C17H13N3OS/c21-17(14-10-18-16-7-3-4-8-20(14)16)19-9-12-11-22-15-6-2-1-5-13(12)15/h1-8,10-11H,9H2,(H,19,21). The molecule has 0 aliphatic heterocycles. The number of thiophene rings is 1. The highest BCUT2D eigenvalue weighted by Gasteiger charge is 2.12. The zero-order valence-electron chi connectivity index (χ0n) is 11.7. The van der Waals surface area contributed by atoms with Gasteiger partial charge in [0.1, 0.15) is 11.3 Å². The van der Waals surface area contributed by atoms with Crippen molar-refractivity contribution in [1.29, 1.82) is 0 Å². The Morgan fingerprint density at radius 1 is 1.18 bits per heavy atom. The molecular weight excluding hydrogens is 294 g/mol. The van der Waals surface area contributed by atoms with Crippen LogP contribution in [0.3, 0.4) is 0 Å². The van der Waals surface area contributed by atoms with E-state index in [4.69, 9.17) is 0 Å². The van der Waals surface area contributed by atoms with Crippen molar-refractivity contribution < 1.29 is 4.79 Å². The largest absolute Gasteiger partial charge is 0.347 e. The van der Waals surface area contributed by atoms with Crippen LogP contribution >= 0.6 is 11.3 Å². The molecule has 22 heavy (non-hydrogen) atoms. The highest BCUT2D eigenvalue weighted by molar-refractivity contribution is 7.17. The second kappa shape index (κ2) is 5.27. The molecule has 0 saturated heterocycles. The molecule has 0 aliphatic carbocycles. The second-order valence-corrected chi connectivity index (χ2v) is 5.92. The predicted octanol–water partition coefficient (Wildman–Crippen LogP) is 3.48. The first kappa shape index (κ1) is 13.0. The van der Waals surface area contributed by atoms with E-state index >= 15 is 0 Å². The second-order valence-electron chi connectivity index (χ2n) is 5.01. The molecule has 4 rings (SSSR count). The fourth-order valence-electron chi connectivity index (χ4n) is 2.54. The zero-order valence-corrected chi connectivity index (χ0v) is 12.5. The molecule has 1 aromatic carbocycles. The molecule has 0 atom stereocenters. The number of carbonyl (C=O) groups excluding carboxylic acids is 1. The average Bonchev–Trinajstić information content (AvgIpc) is 3.17. The molecule has 0 saturated carbocycles. The molecule has 1 amide bonds. The van der Waals surface area contributed by atoms with Gasteiger partial charge in [-0.05, 0) is 34.5 Å². The molecule has 0 spiro atoms. The highest BCUT2D eigenvalue weighted by atomic mass is 32.1. The number of nitrogens with one attached hydrogen (secondary N) is 1. The fraction of sp³-hybridized carbons (Fsp3) is 0.0588. The van der Waals surface area contributed by atoms with Crippen molar-refractivity contribution in [2.24, 2.45) is 0 Å². The number of aromatic nitrogens is 2. The van der Waals surface area contributed by atoms with Crippen molar-refractivity contribution in [3.05, 3.63) is 71.5 Å². The summed E-state index contributed by atoms with van der Waals surface area (Å²) in [6.07, 6.45) is 3.45. The molecular formula is C17H13N3OS. The number of rotatable bonds is 3. The van der Waals surface area contributed by atoms with Gasteiger partial charge < -0.3 is 5.32 Å². The molecule has 4 nitrogen and oxygen atoms in total. The first-order valence-corrected chi connectivity index (χ1v) is 7.86. The quantitative estimate of drug-likeness (QED) is 0.630. The molecule has 3 aromatic heterocycles. The number of carbonyl (C=O) groups is 1. The average molecular weight is 307 g/mol. The van der Waals surface area contributed by atoms with Gasteiger partial charge in [-0.1, -0.05) is 24.3 Å². The van der Waals surface area contributed by atoms with Gasteiger partial charge >= 0.3 is 0 Å². The van der Waals surface area contributed by atoms with Gasteiger partial charge in [0.2, 0.25) is 0 Å². The van der Waals surface area contributed by atoms with Gasteiger partial charge in [-0.15, -0.1) is 11.3 Å². The lowest BCUT2D eigenvalue weighted by atomic mass is 10.2. The monoisotopic (exact) mass is 307 g/mol. The summed E-state index contributed by atoms with van der Waals surface area (Å²) >= 11 is 1.70. The van der Waals surface area contributed by atoms with Gasteiger partial charge in [0.25, 0.3) is 5.91 Å². The van der Waals surface area contributed by atoms with E-state index in [0.29, 0.717) is 12.2 Å². The molecule has 108 valence electrons. The lowest BCUT2D eigenvalue weighted by Crippen LogP contribution is -2.23. The van der Waals surface area contributed by atoms with Crippen molar-refractivity contribution in [2.75, 3.05) is 0 Å². The lowest BCUT2D eigenvalue weighted by Gasteiger charge is -2.04. The van der Waals surface area contributed by atoms with Crippen molar-refractivity contribution in [2.45, 2.75) is 6.54 Å². The Kier molecular flexibility index (Phi) is 3.12. The number of amides is 1. The maximum absolute atomic E-state index is 12.4. The van der Waals surface area contributed by atoms with Crippen LogP contribution in [0.5, 0.6) is 0 Å². The Balaban J connectivity index is 1.57. The molecule has 4 aromatic rings. The third-order valence-electron chi connectivity index (χ3n) is 3.65. The third kappa shape index (κ3) is 2.16. The molecule has 0 bridgehead atoms. The van der Waals surface area contributed by atoms with E-state index in [1.165, 1.54) is 10.1 Å². The van der Waals surface area contributed by atoms with E-state index in [2.05, 4.69) is 27.8 Å². The molecule has 0 radical (unpaired) electrons. The summed E-state index contributed by atoms with van der Waals surface area (Å²) < 4.78 is 3.03. The van der Waals surface area contributed by atoms with Gasteiger partial charge in [-0.2, -0.15) is 0 Å². The minimum Gasteiger partial charge on any atom is -0.347 e. The lowest BCUT2D eigenvalue weighted by molar-refractivity contribution is 0.0945. The Morgan fingerprint density at radius 2 is 2.05 bits per heavy atom. The fourth-order valence-corrected chi connectivity index (χ4v) is 3.50. The minimum atomic E-state index is -0.117. The van der Waals surface area contributed by atoms with Crippen LogP contribution in [0, 0.1) is 0 Å². The summed E-state index contributed by atoms with van der Waals surface area (Å²) in [5.41, 5.74) is 2.46. The van der Waals surface area contributed by atoms with Gasteiger partial charge in [-0.25, -0.2) is 4.98 Å². The van der Waals surface area contributed by atoms with Gasteiger partial charge in [0.05, 0.1) is 6.20 Å². The number of benzene rings is 1. The number of hydrogen-bond donors (Lipinski definition) is 1. The maximum atomic E-state index is 12.4. The summed E-state index contributed by atoms with van der Waals surface area (Å²) in [6.45, 7) is 0.517. The zero-order chi connectivity index (χ0) is 14.9. The van der Waals surface area contributed by atoms with Crippen LogP contribution in [0.15, 0.2) is 60.2 Å². The van der Waals surface area contributed by atoms with Crippen LogP contribution in [-0.2, 0) is 6.54 Å². The Labute approximate surface area is 131 Å². The normalized spacial score (nSPS) is 11.1. The summed E-state index contributed by atoms with van der Waals surface area (Å²) in [6, 6.07) is 13.9. The topological polar surface area (TPSA) is 46.4 Å². The number of nitrogens with zero attached hydrogens (tertiary/aromatic N) is 2. The SMILES string of the molecule is O=C(NCc1csc2ccccc12)c1cnc2ccccn12. The van der Waals surface area contributed by atoms with E-state index in [0.717, 1.165) is 11.2 Å². The highest BCUT2D eigenvalue weighted by Crippen LogP contribution is 2.25. The van der Waals surface area contributed by atoms with Crippen molar-refractivity contribution in [3.8, 4) is 0 Å². The van der Waals surface area contributed by atoms with Crippen LogP contribution in [-0.4, -0.2) is 15.3 Å². The number of imidazole rings is 1. The van der Waals surface area contributed by atoms with E-state index in [-0.39, 0.29) is 5.91 Å². The Morgan fingerprint density at radius 3 is 3.00 bits per heavy atom. The van der Waals surface area contributed by atoms with E-state index in [1.54, 1.807) is 21.9 Å². The predicted molar refractivity (Wildman–Crippen MR) is 88.2 cm³/mol. The van der Waals surface area contributed by atoms with Gasteiger partial charge in [-0.3, -0.25) is 9.20 Å². The van der Waals surface area contributed by atoms with Gasteiger partial charge in [0.15, 0.2) is 0 Å². The van der Waals surface area contributed by atoms with E-state index < -0.39 is 0 Å². The minimum absolute atomic E-state index is 0.117. The summed E-state index contributed by atoms with van der Waals surface area (Å²) in [7, 11) is 0. The molecule has 3 heterocycles. The molecule has 0 unspecified atom stereocenters. The molecule has 0 aliphatic rings. The van der Waals surface area contributed by atoms with Crippen molar-refractivity contribution in [1.82, 2.24) is 14.7 Å². The number of pyridine rings is 1. The Hall–Kier alpha value is -2.66.